The molecule has 1 unspecified atom stereocenters. The first-order chi connectivity index (χ1) is 13.7. The van der Waals surface area contributed by atoms with Crippen LogP contribution in [0.4, 0.5) is 0 Å². The number of rotatable bonds is 4. The molecule has 144 valence electrons. The average Bonchev–Trinajstić information content (AvgIpc) is 3.12. The smallest absolute Gasteiger partial charge is 0.276 e. The predicted molar refractivity (Wildman–Crippen MR) is 107 cm³/mol. The van der Waals surface area contributed by atoms with Crippen molar-refractivity contribution in [3.63, 3.8) is 0 Å². The van der Waals surface area contributed by atoms with E-state index < -0.39 is 0 Å². The molecule has 0 radical (unpaired) electrons. The molecule has 0 aliphatic carbocycles. The van der Waals surface area contributed by atoms with Crippen molar-refractivity contribution in [2.45, 2.75) is 25.2 Å². The number of likely N-dealkylation sites (tertiary alicyclic amines) is 1. The molecule has 1 aliphatic heterocycles. The Labute approximate surface area is 164 Å². The van der Waals surface area contributed by atoms with Crippen molar-refractivity contribution in [1.29, 1.82) is 0 Å². The highest BCUT2D eigenvalue weighted by Crippen LogP contribution is 2.29. The van der Waals surface area contributed by atoms with Gasteiger partial charge in [0.1, 0.15) is 5.75 Å². The molecule has 4 rings (SSSR count). The van der Waals surface area contributed by atoms with Gasteiger partial charge in [-0.3, -0.25) is 4.79 Å². The van der Waals surface area contributed by atoms with Crippen LogP contribution in [0.2, 0.25) is 0 Å². The second-order valence-electron chi connectivity index (χ2n) is 7.16. The van der Waals surface area contributed by atoms with Gasteiger partial charge in [0.15, 0.2) is 11.5 Å². The standard InChI is InChI=1S/C23H24N2O3/c1-27-20-12-10-17(11-13-20)19-9-5-6-14-25(16-19)23(26)21-15-22(28-24-21)18-7-3-2-4-8-18/h2-4,7-8,10-13,15,19H,5-6,9,14,16H2,1H3. The average molecular weight is 376 g/mol. The summed E-state index contributed by atoms with van der Waals surface area (Å²) in [5.74, 6) is 1.72. The van der Waals surface area contributed by atoms with E-state index in [9.17, 15) is 4.79 Å². The van der Waals surface area contributed by atoms with Crippen LogP contribution >= 0.6 is 0 Å². The molecule has 1 aromatic heterocycles. The highest BCUT2D eigenvalue weighted by atomic mass is 16.5. The number of benzene rings is 2. The molecule has 0 spiro atoms. The fourth-order valence-corrected chi connectivity index (χ4v) is 3.75. The number of carbonyl (C=O) groups excluding carboxylic acids is 1. The van der Waals surface area contributed by atoms with E-state index in [0.717, 1.165) is 37.1 Å². The first-order valence-corrected chi connectivity index (χ1v) is 9.70. The normalized spacial score (nSPS) is 17.2. The topological polar surface area (TPSA) is 55.6 Å². The van der Waals surface area contributed by atoms with Crippen LogP contribution in [-0.2, 0) is 0 Å². The molecule has 1 amide bonds. The fourth-order valence-electron chi connectivity index (χ4n) is 3.75. The Hall–Kier alpha value is -3.08. The monoisotopic (exact) mass is 376 g/mol. The van der Waals surface area contributed by atoms with E-state index in [1.807, 2.05) is 47.4 Å². The van der Waals surface area contributed by atoms with E-state index in [4.69, 9.17) is 9.26 Å². The minimum Gasteiger partial charge on any atom is -0.497 e. The van der Waals surface area contributed by atoms with Crippen LogP contribution in [0.1, 0.15) is 41.2 Å². The highest BCUT2D eigenvalue weighted by Gasteiger charge is 2.26. The molecule has 1 aliphatic rings. The van der Waals surface area contributed by atoms with Crippen molar-refractivity contribution in [2.24, 2.45) is 0 Å². The minimum atomic E-state index is -0.0636. The lowest BCUT2D eigenvalue weighted by molar-refractivity contribution is 0.0744. The maximum atomic E-state index is 13.1. The zero-order valence-electron chi connectivity index (χ0n) is 16.0. The first-order valence-electron chi connectivity index (χ1n) is 9.70. The molecule has 5 nitrogen and oxygen atoms in total. The summed E-state index contributed by atoms with van der Waals surface area (Å²) < 4.78 is 10.7. The van der Waals surface area contributed by atoms with Gasteiger partial charge in [0.2, 0.25) is 0 Å². The van der Waals surface area contributed by atoms with E-state index in [1.165, 1.54) is 5.56 Å². The molecule has 5 heteroatoms. The van der Waals surface area contributed by atoms with Crippen molar-refractivity contribution >= 4 is 5.91 Å². The molecule has 1 fully saturated rings. The summed E-state index contributed by atoms with van der Waals surface area (Å²) in [6.45, 7) is 1.44. The Morgan fingerprint density at radius 1 is 1.11 bits per heavy atom. The van der Waals surface area contributed by atoms with Crippen molar-refractivity contribution in [2.75, 3.05) is 20.2 Å². The number of carbonyl (C=O) groups is 1. The first kappa shape index (κ1) is 18.3. The van der Waals surface area contributed by atoms with E-state index in [-0.39, 0.29) is 5.91 Å². The summed E-state index contributed by atoms with van der Waals surface area (Å²) in [6.07, 6.45) is 3.18. The van der Waals surface area contributed by atoms with Crippen molar-refractivity contribution in [3.8, 4) is 17.1 Å². The Morgan fingerprint density at radius 2 is 1.89 bits per heavy atom. The largest absolute Gasteiger partial charge is 0.497 e. The van der Waals surface area contributed by atoms with Gasteiger partial charge in [0, 0.05) is 30.6 Å². The van der Waals surface area contributed by atoms with Crippen LogP contribution in [0.25, 0.3) is 11.3 Å². The Bertz CT molecular complexity index is 919. The maximum absolute atomic E-state index is 13.1. The van der Waals surface area contributed by atoms with E-state index in [0.29, 0.717) is 23.9 Å². The van der Waals surface area contributed by atoms with Gasteiger partial charge >= 0.3 is 0 Å². The lowest BCUT2D eigenvalue weighted by Crippen LogP contribution is -2.34. The van der Waals surface area contributed by atoms with Gasteiger partial charge in [-0.25, -0.2) is 0 Å². The highest BCUT2D eigenvalue weighted by molar-refractivity contribution is 5.93. The summed E-state index contributed by atoms with van der Waals surface area (Å²) in [5, 5.41) is 4.04. The lowest BCUT2D eigenvalue weighted by Gasteiger charge is -2.24. The summed E-state index contributed by atoms with van der Waals surface area (Å²) in [4.78, 5) is 15.0. The fraction of sp³-hybridized carbons (Fsp3) is 0.304. The van der Waals surface area contributed by atoms with Crippen LogP contribution in [0.3, 0.4) is 0 Å². The predicted octanol–water partition coefficient (Wildman–Crippen LogP) is 4.76. The SMILES string of the molecule is COc1ccc(C2CCCCN(C(=O)c3cc(-c4ccccc4)on3)C2)cc1. The van der Waals surface area contributed by atoms with Gasteiger partial charge in [-0.15, -0.1) is 0 Å². The van der Waals surface area contributed by atoms with Crippen LogP contribution < -0.4 is 4.74 Å². The van der Waals surface area contributed by atoms with Crippen LogP contribution in [0.5, 0.6) is 5.75 Å². The van der Waals surface area contributed by atoms with Crippen LogP contribution in [-0.4, -0.2) is 36.2 Å². The number of amides is 1. The third-order valence-corrected chi connectivity index (χ3v) is 5.33. The Kier molecular flexibility index (Phi) is 5.42. The molecule has 2 heterocycles. The van der Waals surface area contributed by atoms with E-state index >= 15 is 0 Å². The van der Waals surface area contributed by atoms with Crippen LogP contribution in [0.15, 0.2) is 65.2 Å². The number of methoxy groups -OCH3 is 1. The molecule has 0 bridgehead atoms. The molecule has 28 heavy (non-hydrogen) atoms. The quantitative estimate of drug-likeness (QED) is 0.659. The molecule has 1 saturated heterocycles. The molecule has 1 atom stereocenters. The Balaban J connectivity index is 1.51. The number of nitrogens with zero attached hydrogens (tertiary/aromatic N) is 2. The van der Waals surface area contributed by atoms with Crippen molar-refractivity contribution in [3.05, 3.63) is 71.9 Å². The van der Waals surface area contributed by atoms with Gasteiger partial charge in [-0.1, -0.05) is 54.0 Å². The Morgan fingerprint density at radius 3 is 2.64 bits per heavy atom. The second-order valence-corrected chi connectivity index (χ2v) is 7.16. The third kappa shape index (κ3) is 3.93. The maximum Gasteiger partial charge on any atom is 0.276 e. The zero-order valence-corrected chi connectivity index (χ0v) is 16.0. The molecule has 2 aromatic carbocycles. The second kappa shape index (κ2) is 8.30. The molecular weight excluding hydrogens is 352 g/mol. The molecule has 0 N–H and O–H groups in total. The molecule has 3 aromatic rings. The molecular formula is C23H24N2O3. The summed E-state index contributed by atoms with van der Waals surface area (Å²) in [6, 6.07) is 19.6. The van der Waals surface area contributed by atoms with Crippen molar-refractivity contribution < 1.29 is 14.1 Å². The number of hydrogen-bond donors (Lipinski definition) is 0. The van der Waals surface area contributed by atoms with Gasteiger partial charge in [0.05, 0.1) is 7.11 Å². The van der Waals surface area contributed by atoms with Gasteiger partial charge in [-0.2, -0.15) is 0 Å². The number of ether oxygens (including phenoxy) is 1. The van der Waals surface area contributed by atoms with E-state index in [1.54, 1.807) is 13.2 Å². The number of aromatic nitrogens is 1. The molecule has 0 saturated carbocycles. The summed E-state index contributed by atoms with van der Waals surface area (Å²) in [7, 11) is 1.67. The van der Waals surface area contributed by atoms with E-state index in [2.05, 4.69) is 17.3 Å². The number of hydrogen-bond acceptors (Lipinski definition) is 4. The summed E-state index contributed by atoms with van der Waals surface area (Å²) >= 11 is 0. The zero-order chi connectivity index (χ0) is 19.3. The third-order valence-electron chi connectivity index (χ3n) is 5.33. The van der Waals surface area contributed by atoms with Gasteiger partial charge < -0.3 is 14.2 Å². The minimum absolute atomic E-state index is 0.0636. The summed E-state index contributed by atoms with van der Waals surface area (Å²) in [5.41, 5.74) is 2.53. The van der Waals surface area contributed by atoms with Gasteiger partial charge in [0.25, 0.3) is 5.91 Å². The van der Waals surface area contributed by atoms with Gasteiger partial charge in [-0.05, 0) is 30.5 Å². The van der Waals surface area contributed by atoms with Crippen LogP contribution in [0, 0.1) is 0 Å². The van der Waals surface area contributed by atoms with Crippen molar-refractivity contribution in [1.82, 2.24) is 10.1 Å². The lowest BCUT2D eigenvalue weighted by atomic mass is 9.94.